The normalized spacial score (nSPS) is 15.5. The van der Waals surface area contributed by atoms with Gasteiger partial charge in [0.25, 0.3) is 11.3 Å². The predicted molar refractivity (Wildman–Crippen MR) is 124 cm³/mol. The lowest BCUT2D eigenvalue weighted by Gasteiger charge is -2.32. The van der Waals surface area contributed by atoms with E-state index in [2.05, 4.69) is 5.32 Å². The Hall–Kier alpha value is -4.40. The number of nitrogens with one attached hydrogen (secondary N) is 1. The molecule has 2 aromatic heterocycles. The van der Waals surface area contributed by atoms with Gasteiger partial charge in [0.05, 0.1) is 23.5 Å². The number of hydrogen-bond acceptors (Lipinski definition) is 6. The Bertz CT molecular complexity index is 1480. The highest BCUT2D eigenvalue weighted by Crippen LogP contribution is 2.40. The van der Waals surface area contributed by atoms with E-state index in [1.54, 1.807) is 22.9 Å². The van der Waals surface area contributed by atoms with E-state index in [-0.39, 0.29) is 11.4 Å². The predicted octanol–water partition coefficient (Wildman–Crippen LogP) is 3.85. The molecule has 0 bridgehead atoms. The van der Waals surface area contributed by atoms with Crippen molar-refractivity contribution in [2.75, 3.05) is 11.9 Å². The number of nitrogens with zero attached hydrogens (tertiary/aromatic N) is 4. The van der Waals surface area contributed by atoms with Crippen LogP contribution < -0.4 is 10.9 Å². The Kier molecular flexibility index (Phi) is 4.51. The van der Waals surface area contributed by atoms with Gasteiger partial charge in [0.1, 0.15) is 36.4 Å². The summed E-state index contributed by atoms with van der Waals surface area (Å²) in [4.78, 5) is 12.7. The fourth-order valence-electron chi connectivity index (χ4n) is 4.32. The lowest BCUT2D eigenvalue weighted by molar-refractivity contribution is -0.145. The summed E-state index contributed by atoms with van der Waals surface area (Å²) in [6.07, 6.45) is 3.02. The summed E-state index contributed by atoms with van der Waals surface area (Å²) in [5.74, 6) is -0.507. The van der Waals surface area contributed by atoms with Crippen molar-refractivity contribution >= 4 is 5.82 Å². The van der Waals surface area contributed by atoms with Crippen LogP contribution in [0.1, 0.15) is 5.56 Å². The van der Waals surface area contributed by atoms with Crippen molar-refractivity contribution in [1.82, 2.24) is 19.6 Å². The molecule has 34 heavy (non-hydrogen) atoms. The first kappa shape index (κ1) is 20.2. The number of hydrogen-bond donors (Lipinski definition) is 1. The van der Waals surface area contributed by atoms with Crippen LogP contribution in [-0.4, -0.2) is 31.9 Å². The Balaban J connectivity index is 1.54. The molecule has 2 aliphatic heterocycles. The highest BCUT2D eigenvalue weighted by atomic mass is 19.1. The lowest BCUT2D eigenvalue weighted by atomic mass is 10.0. The fraction of sp³-hybridized carbons (Fsp3) is 0.160. The van der Waals surface area contributed by atoms with Crippen molar-refractivity contribution in [1.29, 1.82) is 0 Å². The largest absolute Gasteiger partial charge is 0.453 e. The summed E-state index contributed by atoms with van der Waals surface area (Å²) >= 11 is 0. The maximum absolute atomic E-state index is 13.6. The second kappa shape index (κ2) is 7.58. The highest BCUT2D eigenvalue weighted by Gasteiger charge is 2.42. The number of rotatable bonds is 3. The van der Waals surface area contributed by atoms with Gasteiger partial charge in [-0.3, -0.25) is 4.79 Å². The van der Waals surface area contributed by atoms with Gasteiger partial charge in [-0.2, -0.15) is 14.9 Å². The Labute approximate surface area is 193 Å². The Morgan fingerprint density at radius 3 is 2.53 bits per heavy atom. The number of ether oxygens (including phenoxy) is 2. The summed E-state index contributed by atoms with van der Waals surface area (Å²) < 4.78 is 28.2. The standard InChI is InChI=1S/C25H20FN5O3/c1-16-4-2-3-5-20(16)31-21(32)11-10-19(28-31)22-23(17-6-8-18(26)9-7-17)29-30-15-25(14-27-24(22)30)33-12-13-34-25/h2-13,27H,14-15H2,1H3. The lowest BCUT2D eigenvalue weighted by Crippen LogP contribution is -2.46. The van der Waals surface area contributed by atoms with E-state index < -0.39 is 5.79 Å². The van der Waals surface area contributed by atoms with Crippen molar-refractivity contribution in [2.24, 2.45) is 0 Å². The zero-order chi connectivity index (χ0) is 23.3. The van der Waals surface area contributed by atoms with E-state index in [1.165, 1.54) is 35.4 Å². The minimum atomic E-state index is -0.885. The van der Waals surface area contributed by atoms with Crippen molar-refractivity contribution in [2.45, 2.75) is 19.3 Å². The first-order chi connectivity index (χ1) is 16.5. The molecular weight excluding hydrogens is 437 g/mol. The molecular formula is C25H20FN5O3. The number of halogens is 1. The van der Waals surface area contributed by atoms with Crippen LogP contribution in [0.4, 0.5) is 10.2 Å². The van der Waals surface area contributed by atoms with Crippen LogP contribution in [0.3, 0.4) is 0 Å². The maximum Gasteiger partial charge on any atom is 0.286 e. The molecule has 1 N–H and O–H groups in total. The Morgan fingerprint density at radius 1 is 1.00 bits per heavy atom. The minimum absolute atomic E-state index is 0.242. The van der Waals surface area contributed by atoms with Gasteiger partial charge in [0.2, 0.25) is 0 Å². The van der Waals surface area contributed by atoms with E-state index in [4.69, 9.17) is 19.7 Å². The second-order valence-corrected chi connectivity index (χ2v) is 8.26. The average molecular weight is 457 g/mol. The molecule has 8 nitrogen and oxygen atoms in total. The molecule has 0 saturated heterocycles. The van der Waals surface area contributed by atoms with Crippen LogP contribution in [0, 0.1) is 12.7 Å². The average Bonchev–Trinajstić information content (AvgIpc) is 3.45. The van der Waals surface area contributed by atoms with Crippen LogP contribution in [0.5, 0.6) is 0 Å². The van der Waals surface area contributed by atoms with Gasteiger partial charge in [0.15, 0.2) is 0 Å². The van der Waals surface area contributed by atoms with Gasteiger partial charge in [-0.05, 0) is 48.9 Å². The molecule has 0 fully saturated rings. The summed E-state index contributed by atoms with van der Waals surface area (Å²) in [5.41, 5.74) is 3.96. The molecule has 0 aliphatic carbocycles. The summed E-state index contributed by atoms with van der Waals surface area (Å²) in [6, 6.07) is 16.9. The van der Waals surface area contributed by atoms with Gasteiger partial charge >= 0.3 is 0 Å². The number of aromatic nitrogens is 4. The van der Waals surface area contributed by atoms with Crippen molar-refractivity contribution in [3.8, 4) is 28.2 Å². The van der Waals surface area contributed by atoms with E-state index in [1.807, 2.05) is 31.2 Å². The van der Waals surface area contributed by atoms with E-state index >= 15 is 0 Å². The molecule has 2 aromatic carbocycles. The molecule has 0 amide bonds. The SMILES string of the molecule is Cc1ccccc1-n1nc(-c2c(-c3ccc(F)cc3)nn3c2NCC2(C3)OC=CO2)ccc1=O. The van der Waals surface area contributed by atoms with E-state index in [0.717, 1.165) is 11.1 Å². The number of fused-ring (bicyclic) bond motifs is 1. The first-order valence-electron chi connectivity index (χ1n) is 10.8. The first-order valence-corrected chi connectivity index (χ1v) is 10.8. The molecule has 0 radical (unpaired) electrons. The van der Waals surface area contributed by atoms with Crippen LogP contribution in [0.25, 0.3) is 28.2 Å². The zero-order valence-electron chi connectivity index (χ0n) is 18.2. The number of para-hydroxylation sites is 1. The summed E-state index contributed by atoms with van der Waals surface area (Å²) in [7, 11) is 0. The molecule has 1 spiro atoms. The molecule has 0 unspecified atom stereocenters. The topological polar surface area (TPSA) is 83.2 Å². The van der Waals surface area contributed by atoms with Crippen LogP contribution in [0.15, 0.2) is 78.0 Å². The van der Waals surface area contributed by atoms with Gasteiger partial charge in [-0.1, -0.05) is 18.2 Å². The van der Waals surface area contributed by atoms with Gasteiger partial charge in [-0.25, -0.2) is 9.07 Å². The summed E-state index contributed by atoms with van der Waals surface area (Å²) in [5, 5.41) is 12.9. The number of aryl methyl sites for hydroxylation is 1. The van der Waals surface area contributed by atoms with Gasteiger partial charge < -0.3 is 14.8 Å². The molecule has 0 saturated carbocycles. The van der Waals surface area contributed by atoms with Crippen LogP contribution in [-0.2, 0) is 16.0 Å². The molecule has 4 heterocycles. The second-order valence-electron chi connectivity index (χ2n) is 8.26. The van der Waals surface area contributed by atoms with Crippen LogP contribution in [0.2, 0.25) is 0 Å². The quantitative estimate of drug-likeness (QED) is 0.503. The molecule has 6 rings (SSSR count). The maximum atomic E-state index is 13.6. The third kappa shape index (κ3) is 3.24. The minimum Gasteiger partial charge on any atom is -0.453 e. The number of anilines is 1. The van der Waals surface area contributed by atoms with Crippen molar-refractivity contribution in [3.05, 3.63) is 94.9 Å². The van der Waals surface area contributed by atoms with Crippen molar-refractivity contribution in [3.63, 3.8) is 0 Å². The summed E-state index contributed by atoms with van der Waals surface area (Å²) in [6.45, 7) is 2.66. The van der Waals surface area contributed by atoms with Gasteiger partial charge in [-0.15, -0.1) is 0 Å². The Morgan fingerprint density at radius 2 is 1.76 bits per heavy atom. The van der Waals surface area contributed by atoms with Crippen LogP contribution >= 0.6 is 0 Å². The van der Waals surface area contributed by atoms with E-state index in [9.17, 15) is 9.18 Å². The monoisotopic (exact) mass is 457 g/mol. The van der Waals surface area contributed by atoms with E-state index in [0.29, 0.717) is 41.5 Å². The molecule has 0 atom stereocenters. The van der Waals surface area contributed by atoms with Gasteiger partial charge in [0, 0.05) is 11.6 Å². The third-order valence-electron chi connectivity index (χ3n) is 6.01. The number of benzene rings is 2. The molecule has 9 heteroatoms. The zero-order valence-corrected chi connectivity index (χ0v) is 18.2. The highest BCUT2D eigenvalue weighted by molar-refractivity contribution is 5.87. The molecule has 2 aliphatic rings. The smallest absolute Gasteiger partial charge is 0.286 e. The molecule has 170 valence electrons. The third-order valence-corrected chi connectivity index (χ3v) is 6.01. The van der Waals surface area contributed by atoms with Crippen molar-refractivity contribution < 1.29 is 13.9 Å². The molecule has 4 aromatic rings. The fourth-order valence-corrected chi connectivity index (χ4v) is 4.32.